The van der Waals surface area contributed by atoms with Gasteiger partial charge in [-0.05, 0) is 43.2 Å². The predicted octanol–water partition coefficient (Wildman–Crippen LogP) is 3.91. The maximum Gasteiger partial charge on any atom is 0.225 e. The zero-order chi connectivity index (χ0) is 20.5. The SMILES string of the molecule is CC(C)C(=O)N1CCC(n2cnc(-c3ccc(F)cc3)c2-c2ccn(C)n2)CC1. The summed E-state index contributed by atoms with van der Waals surface area (Å²) in [7, 11) is 1.89. The van der Waals surface area contributed by atoms with Crippen molar-refractivity contribution in [1.29, 1.82) is 0 Å². The lowest BCUT2D eigenvalue weighted by atomic mass is 10.0. The lowest BCUT2D eigenvalue weighted by Crippen LogP contribution is -2.41. The van der Waals surface area contributed by atoms with Gasteiger partial charge in [0.05, 0.1) is 17.7 Å². The number of likely N-dealkylation sites (tertiary alicyclic amines) is 1. The Morgan fingerprint density at radius 2 is 1.83 bits per heavy atom. The summed E-state index contributed by atoms with van der Waals surface area (Å²) in [6, 6.07) is 8.61. The third-order valence-corrected chi connectivity index (χ3v) is 5.53. The van der Waals surface area contributed by atoms with Crippen molar-refractivity contribution in [2.45, 2.75) is 32.7 Å². The molecule has 0 aliphatic carbocycles. The van der Waals surface area contributed by atoms with E-state index in [2.05, 4.69) is 14.6 Å². The summed E-state index contributed by atoms with van der Waals surface area (Å²) in [5.41, 5.74) is 3.43. The van der Waals surface area contributed by atoms with Crippen LogP contribution in [0.2, 0.25) is 0 Å². The van der Waals surface area contributed by atoms with E-state index in [9.17, 15) is 9.18 Å². The molecule has 6 nitrogen and oxygen atoms in total. The van der Waals surface area contributed by atoms with Crippen LogP contribution in [0.1, 0.15) is 32.7 Å². The van der Waals surface area contributed by atoms with Crippen LogP contribution in [0.3, 0.4) is 0 Å². The molecule has 4 rings (SSSR count). The fraction of sp³-hybridized carbons (Fsp3) is 0.409. The first kappa shape index (κ1) is 19.4. The number of hydrogen-bond donors (Lipinski definition) is 0. The highest BCUT2D eigenvalue weighted by Gasteiger charge is 2.28. The minimum atomic E-state index is -0.269. The van der Waals surface area contributed by atoms with Crippen LogP contribution in [0, 0.1) is 11.7 Å². The molecule has 29 heavy (non-hydrogen) atoms. The average Bonchev–Trinajstić information content (AvgIpc) is 3.34. The standard InChI is InChI=1S/C22H26FN5O/c1-15(2)22(29)27-12-8-18(9-13-27)28-14-24-20(16-4-6-17(23)7-5-16)21(28)19-10-11-26(3)25-19/h4-7,10-11,14-15,18H,8-9,12-13H2,1-3H3. The van der Waals surface area contributed by atoms with Gasteiger partial charge in [-0.3, -0.25) is 9.48 Å². The highest BCUT2D eigenvalue weighted by atomic mass is 19.1. The van der Waals surface area contributed by atoms with Gasteiger partial charge in [-0.15, -0.1) is 0 Å². The minimum absolute atomic E-state index is 0.0222. The van der Waals surface area contributed by atoms with Gasteiger partial charge in [0.15, 0.2) is 0 Å². The Morgan fingerprint density at radius 1 is 1.14 bits per heavy atom. The van der Waals surface area contributed by atoms with Gasteiger partial charge in [-0.1, -0.05) is 13.8 Å². The molecular formula is C22H26FN5O. The topological polar surface area (TPSA) is 56.0 Å². The van der Waals surface area contributed by atoms with Crippen LogP contribution < -0.4 is 0 Å². The van der Waals surface area contributed by atoms with E-state index in [1.54, 1.807) is 16.8 Å². The number of carbonyl (C=O) groups excluding carboxylic acids is 1. The Bertz CT molecular complexity index is 997. The van der Waals surface area contributed by atoms with Crippen LogP contribution in [0.15, 0.2) is 42.9 Å². The van der Waals surface area contributed by atoms with E-state index in [4.69, 9.17) is 0 Å². The Morgan fingerprint density at radius 3 is 2.41 bits per heavy atom. The molecule has 0 atom stereocenters. The average molecular weight is 395 g/mol. The summed E-state index contributed by atoms with van der Waals surface area (Å²) in [5.74, 6) is -0.0326. The zero-order valence-electron chi connectivity index (χ0n) is 17.0. The smallest absolute Gasteiger partial charge is 0.225 e. The lowest BCUT2D eigenvalue weighted by Gasteiger charge is -2.34. The zero-order valence-corrected chi connectivity index (χ0v) is 17.0. The van der Waals surface area contributed by atoms with E-state index < -0.39 is 0 Å². The van der Waals surface area contributed by atoms with Crippen molar-refractivity contribution in [3.63, 3.8) is 0 Å². The maximum atomic E-state index is 13.4. The molecule has 0 N–H and O–H groups in total. The van der Waals surface area contributed by atoms with E-state index in [1.165, 1.54) is 12.1 Å². The highest BCUT2D eigenvalue weighted by Crippen LogP contribution is 2.35. The summed E-state index contributed by atoms with van der Waals surface area (Å²) in [4.78, 5) is 18.9. The molecular weight excluding hydrogens is 369 g/mol. The van der Waals surface area contributed by atoms with Gasteiger partial charge in [0.1, 0.15) is 11.5 Å². The molecule has 0 spiro atoms. The van der Waals surface area contributed by atoms with Crippen LogP contribution in [0.25, 0.3) is 22.6 Å². The fourth-order valence-corrected chi connectivity index (χ4v) is 3.98. The molecule has 0 radical (unpaired) electrons. The number of piperidine rings is 1. The third-order valence-electron chi connectivity index (χ3n) is 5.53. The molecule has 2 aromatic heterocycles. The molecule has 3 aromatic rings. The van der Waals surface area contributed by atoms with Crippen molar-refractivity contribution in [2.75, 3.05) is 13.1 Å². The van der Waals surface area contributed by atoms with E-state index in [-0.39, 0.29) is 23.7 Å². The normalized spacial score (nSPS) is 15.3. The number of benzene rings is 1. The maximum absolute atomic E-state index is 13.4. The minimum Gasteiger partial charge on any atom is -0.342 e. The summed E-state index contributed by atoms with van der Waals surface area (Å²) in [5, 5.41) is 4.60. The largest absolute Gasteiger partial charge is 0.342 e. The van der Waals surface area contributed by atoms with E-state index >= 15 is 0 Å². The van der Waals surface area contributed by atoms with Gasteiger partial charge in [0.2, 0.25) is 5.91 Å². The van der Waals surface area contributed by atoms with E-state index in [0.29, 0.717) is 0 Å². The number of aryl methyl sites for hydroxylation is 1. The fourth-order valence-electron chi connectivity index (χ4n) is 3.98. The number of aromatic nitrogens is 4. The lowest BCUT2D eigenvalue weighted by molar-refractivity contribution is -0.135. The molecule has 152 valence electrons. The van der Waals surface area contributed by atoms with Crippen molar-refractivity contribution in [1.82, 2.24) is 24.2 Å². The van der Waals surface area contributed by atoms with Crippen LogP contribution >= 0.6 is 0 Å². The third kappa shape index (κ3) is 3.81. The Balaban J connectivity index is 1.68. The number of carbonyl (C=O) groups is 1. The number of halogens is 1. The summed E-state index contributed by atoms with van der Waals surface area (Å²) in [6.45, 7) is 5.37. The first-order chi connectivity index (χ1) is 13.9. The first-order valence-electron chi connectivity index (χ1n) is 10.1. The van der Waals surface area contributed by atoms with Crippen molar-refractivity contribution in [3.8, 4) is 22.6 Å². The Hall–Kier alpha value is -2.96. The van der Waals surface area contributed by atoms with Gasteiger partial charge in [0, 0.05) is 43.9 Å². The molecule has 0 bridgehead atoms. The van der Waals surface area contributed by atoms with Crippen molar-refractivity contribution in [3.05, 3.63) is 48.7 Å². The van der Waals surface area contributed by atoms with Gasteiger partial charge < -0.3 is 9.47 Å². The summed E-state index contributed by atoms with van der Waals surface area (Å²) < 4.78 is 17.4. The molecule has 1 amide bonds. The van der Waals surface area contributed by atoms with Crippen LogP contribution in [-0.2, 0) is 11.8 Å². The second-order valence-electron chi connectivity index (χ2n) is 7.94. The quantitative estimate of drug-likeness (QED) is 0.673. The predicted molar refractivity (Wildman–Crippen MR) is 110 cm³/mol. The van der Waals surface area contributed by atoms with Crippen molar-refractivity contribution in [2.24, 2.45) is 13.0 Å². The molecule has 0 saturated carbocycles. The number of rotatable bonds is 4. The van der Waals surface area contributed by atoms with Crippen LogP contribution in [0.4, 0.5) is 4.39 Å². The van der Waals surface area contributed by atoms with Gasteiger partial charge in [0.25, 0.3) is 0 Å². The number of imidazole rings is 1. The molecule has 7 heteroatoms. The molecule has 1 aliphatic heterocycles. The monoisotopic (exact) mass is 395 g/mol. The van der Waals surface area contributed by atoms with Crippen molar-refractivity contribution < 1.29 is 9.18 Å². The Kier molecular flexibility index (Phi) is 5.22. The number of hydrogen-bond acceptors (Lipinski definition) is 3. The first-order valence-corrected chi connectivity index (χ1v) is 10.1. The van der Waals surface area contributed by atoms with Crippen LogP contribution in [-0.4, -0.2) is 43.2 Å². The highest BCUT2D eigenvalue weighted by molar-refractivity contribution is 5.78. The molecule has 1 aliphatic rings. The Labute approximate surface area is 170 Å². The molecule has 3 heterocycles. The number of nitrogens with zero attached hydrogens (tertiary/aromatic N) is 5. The summed E-state index contributed by atoms with van der Waals surface area (Å²) >= 11 is 0. The summed E-state index contributed by atoms with van der Waals surface area (Å²) in [6.07, 6.45) is 5.51. The second kappa shape index (κ2) is 7.81. The molecule has 1 aromatic carbocycles. The molecule has 1 fully saturated rings. The van der Waals surface area contributed by atoms with Crippen molar-refractivity contribution >= 4 is 5.91 Å². The van der Waals surface area contributed by atoms with Crippen LogP contribution in [0.5, 0.6) is 0 Å². The molecule has 1 saturated heterocycles. The second-order valence-corrected chi connectivity index (χ2v) is 7.94. The van der Waals surface area contributed by atoms with E-state index in [0.717, 1.165) is 48.6 Å². The van der Waals surface area contributed by atoms with Gasteiger partial charge in [-0.2, -0.15) is 5.10 Å². The van der Waals surface area contributed by atoms with E-state index in [1.807, 2.05) is 44.4 Å². The number of amides is 1. The molecule has 0 unspecified atom stereocenters. The van der Waals surface area contributed by atoms with Gasteiger partial charge >= 0.3 is 0 Å². The van der Waals surface area contributed by atoms with Gasteiger partial charge in [-0.25, -0.2) is 9.37 Å².